The van der Waals surface area contributed by atoms with Crippen molar-refractivity contribution in [3.63, 3.8) is 0 Å². The number of unbranched alkanes of at least 4 members (excludes halogenated alkanes) is 1. The second-order valence-electron chi connectivity index (χ2n) is 13.8. The Hall–Kier alpha value is -1.65. The van der Waals surface area contributed by atoms with Gasteiger partial charge in [-0.2, -0.15) is 0 Å². The Balaban J connectivity index is 2.00. The van der Waals surface area contributed by atoms with Crippen molar-refractivity contribution in [3.8, 4) is 0 Å². The van der Waals surface area contributed by atoms with Crippen LogP contribution in [0.25, 0.3) is 0 Å². The number of allylic oxidation sites excluding steroid dienone is 1. The molecule has 0 aliphatic heterocycles. The monoisotopic (exact) mass is 573 g/mol. The largest absolute Gasteiger partial charge is 0.386 e. The van der Waals surface area contributed by atoms with E-state index >= 15 is 0 Å². The van der Waals surface area contributed by atoms with Gasteiger partial charge in [-0.25, -0.2) is 0 Å². The van der Waals surface area contributed by atoms with Gasteiger partial charge in [0.1, 0.15) is 6.04 Å². The van der Waals surface area contributed by atoms with Gasteiger partial charge in [0.2, 0.25) is 5.91 Å². The van der Waals surface area contributed by atoms with Crippen LogP contribution in [0.2, 0.25) is 0 Å². The van der Waals surface area contributed by atoms with E-state index in [-0.39, 0.29) is 11.9 Å². The SMILES string of the molecule is C=C(NC(CC)C1CCCCCC1)NC(C(=O)N(C)C[C@H](CC)CC(C)C(=C)NC(C)CCCC)C1CCCCC1. The summed E-state index contributed by atoms with van der Waals surface area (Å²) >= 11 is 0. The standard InChI is InChI=1S/C36H68N4O/c1-9-12-20-28(5)37-29(6)27(4)25-31(10-2)26-40(8)36(41)35(33-23-18-15-19-24-33)39-30(7)38-34(11-3)32-21-16-13-14-17-22-32/h27-28,31-35,37-39H,6-7,9-26H2,1-5,8H3/t27?,28?,31-,34?,35?/m1/s1. The van der Waals surface area contributed by atoms with E-state index in [2.05, 4.69) is 63.7 Å². The second-order valence-corrected chi connectivity index (χ2v) is 13.8. The third-order valence-electron chi connectivity index (χ3n) is 10.2. The molecule has 5 heteroatoms. The average Bonchev–Trinajstić information content (AvgIpc) is 3.26. The first-order valence-electron chi connectivity index (χ1n) is 17.6. The molecule has 4 unspecified atom stereocenters. The molecule has 0 aromatic heterocycles. The van der Waals surface area contributed by atoms with Gasteiger partial charge < -0.3 is 20.9 Å². The van der Waals surface area contributed by atoms with Gasteiger partial charge in [0.15, 0.2) is 0 Å². The number of rotatable bonds is 19. The molecule has 0 bridgehead atoms. The summed E-state index contributed by atoms with van der Waals surface area (Å²) < 4.78 is 0. The van der Waals surface area contributed by atoms with Gasteiger partial charge in [-0.15, -0.1) is 0 Å². The fourth-order valence-corrected chi connectivity index (χ4v) is 7.34. The van der Waals surface area contributed by atoms with E-state index in [4.69, 9.17) is 0 Å². The fourth-order valence-electron chi connectivity index (χ4n) is 7.34. The lowest BCUT2D eigenvalue weighted by Crippen LogP contribution is -2.53. The molecule has 2 rings (SSSR count). The van der Waals surface area contributed by atoms with Crippen molar-refractivity contribution in [2.75, 3.05) is 13.6 Å². The Bertz CT molecular complexity index is 753. The smallest absolute Gasteiger partial charge is 0.245 e. The molecular formula is C36H68N4O. The van der Waals surface area contributed by atoms with Crippen LogP contribution < -0.4 is 16.0 Å². The van der Waals surface area contributed by atoms with Crippen LogP contribution in [0.15, 0.2) is 24.7 Å². The quantitative estimate of drug-likeness (QED) is 0.136. The van der Waals surface area contributed by atoms with E-state index < -0.39 is 0 Å². The Morgan fingerprint density at radius 2 is 1.41 bits per heavy atom. The van der Waals surface area contributed by atoms with E-state index in [1.165, 1.54) is 77.0 Å². The zero-order chi connectivity index (χ0) is 30.2. The minimum absolute atomic E-state index is 0.196. The number of carbonyl (C=O) groups is 1. The lowest BCUT2D eigenvalue weighted by molar-refractivity contribution is -0.134. The Morgan fingerprint density at radius 1 is 0.829 bits per heavy atom. The third kappa shape index (κ3) is 12.6. The van der Waals surface area contributed by atoms with Gasteiger partial charge in [0, 0.05) is 31.4 Å². The number of amides is 1. The molecule has 0 aromatic carbocycles. The number of hydrogen-bond donors (Lipinski definition) is 3. The van der Waals surface area contributed by atoms with Crippen LogP contribution >= 0.6 is 0 Å². The van der Waals surface area contributed by atoms with Crippen molar-refractivity contribution in [3.05, 3.63) is 24.7 Å². The molecule has 0 spiro atoms. The highest BCUT2D eigenvalue weighted by Gasteiger charge is 2.33. The molecule has 238 valence electrons. The zero-order valence-electron chi connectivity index (χ0n) is 28.0. The van der Waals surface area contributed by atoms with Gasteiger partial charge in [0.05, 0.1) is 5.82 Å². The third-order valence-corrected chi connectivity index (χ3v) is 10.2. The first kappa shape index (κ1) is 35.5. The maximum Gasteiger partial charge on any atom is 0.245 e. The summed E-state index contributed by atoms with van der Waals surface area (Å²) in [6.07, 6.45) is 20.9. The Morgan fingerprint density at radius 3 is 1.98 bits per heavy atom. The molecule has 2 aliphatic carbocycles. The highest BCUT2D eigenvalue weighted by atomic mass is 16.2. The number of likely N-dealkylation sites (N-methyl/N-ethyl adjacent to an activating group) is 1. The van der Waals surface area contributed by atoms with Crippen LogP contribution in [0.3, 0.4) is 0 Å². The lowest BCUT2D eigenvalue weighted by atomic mass is 9.83. The zero-order valence-corrected chi connectivity index (χ0v) is 28.0. The van der Waals surface area contributed by atoms with E-state index in [1.807, 2.05) is 11.9 Å². The van der Waals surface area contributed by atoms with Crippen LogP contribution in [0, 0.1) is 23.7 Å². The lowest BCUT2D eigenvalue weighted by Gasteiger charge is -2.36. The fraction of sp³-hybridized carbons (Fsp3) is 0.861. The van der Waals surface area contributed by atoms with Crippen molar-refractivity contribution >= 4 is 5.91 Å². The van der Waals surface area contributed by atoms with E-state index in [0.717, 1.165) is 50.2 Å². The molecule has 5 atom stereocenters. The average molecular weight is 573 g/mol. The molecule has 3 N–H and O–H groups in total. The molecule has 5 nitrogen and oxygen atoms in total. The van der Waals surface area contributed by atoms with Crippen LogP contribution in [0.5, 0.6) is 0 Å². The van der Waals surface area contributed by atoms with Crippen molar-refractivity contribution in [2.24, 2.45) is 23.7 Å². The highest BCUT2D eigenvalue weighted by molar-refractivity contribution is 5.82. The van der Waals surface area contributed by atoms with Crippen LogP contribution in [0.4, 0.5) is 0 Å². The molecule has 2 aliphatic rings. The second kappa shape index (κ2) is 19.5. The minimum Gasteiger partial charge on any atom is -0.386 e. The highest BCUT2D eigenvalue weighted by Crippen LogP contribution is 2.30. The van der Waals surface area contributed by atoms with E-state index in [0.29, 0.717) is 35.8 Å². The molecule has 0 aromatic rings. The summed E-state index contributed by atoms with van der Waals surface area (Å²) in [5.41, 5.74) is 1.14. The molecular weight excluding hydrogens is 504 g/mol. The molecule has 0 radical (unpaired) electrons. The Labute approximate surface area is 255 Å². The summed E-state index contributed by atoms with van der Waals surface area (Å²) in [7, 11) is 2.02. The van der Waals surface area contributed by atoms with Crippen molar-refractivity contribution in [1.29, 1.82) is 0 Å². The molecule has 0 heterocycles. The molecule has 2 saturated carbocycles. The van der Waals surface area contributed by atoms with Gasteiger partial charge in [-0.3, -0.25) is 4.79 Å². The minimum atomic E-state index is -0.196. The van der Waals surface area contributed by atoms with Crippen LogP contribution in [-0.4, -0.2) is 42.5 Å². The summed E-state index contributed by atoms with van der Waals surface area (Å²) in [5, 5.41) is 11.1. The maximum atomic E-state index is 14.1. The number of nitrogens with zero attached hydrogens (tertiary/aromatic N) is 1. The van der Waals surface area contributed by atoms with Gasteiger partial charge >= 0.3 is 0 Å². The van der Waals surface area contributed by atoms with Crippen LogP contribution in [0.1, 0.15) is 144 Å². The van der Waals surface area contributed by atoms with E-state index in [1.54, 1.807) is 0 Å². The van der Waals surface area contributed by atoms with Gasteiger partial charge in [-0.1, -0.05) is 105 Å². The summed E-state index contributed by atoms with van der Waals surface area (Å²) in [6, 6.07) is 0.705. The van der Waals surface area contributed by atoms with Crippen molar-refractivity contribution in [2.45, 2.75) is 162 Å². The maximum absolute atomic E-state index is 14.1. The first-order valence-corrected chi connectivity index (χ1v) is 17.6. The first-order chi connectivity index (χ1) is 19.7. The van der Waals surface area contributed by atoms with E-state index in [9.17, 15) is 4.79 Å². The molecule has 1 amide bonds. The summed E-state index contributed by atoms with van der Waals surface area (Å²) in [5.74, 6) is 3.01. The van der Waals surface area contributed by atoms with Gasteiger partial charge in [0.25, 0.3) is 0 Å². The number of carbonyl (C=O) groups excluding carboxylic acids is 1. The van der Waals surface area contributed by atoms with Crippen molar-refractivity contribution < 1.29 is 4.79 Å². The topological polar surface area (TPSA) is 56.4 Å². The molecule has 41 heavy (non-hydrogen) atoms. The predicted molar refractivity (Wildman–Crippen MR) is 178 cm³/mol. The summed E-state index contributed by atoms with van der Waals surface area (Å²) in [4.78, 5) is 16.1. The predicted octanol–water partition coefficient (Wildman–Crippen LogP) is 8.53. The number of nitrogens with one attached hydrogen (secondary N) is 3. The summed E-state index contributed by atoms with van der Waals surface area (Å²) in [6.45, 7) is 20.9. The normalized spacial score (nSPS) is 20.6. The Kier molecular flexibility index (Phi) is 16.9. The number of hydrogen-bond acceptors (Lipinski definition) is 4. The molecule has 2 fully saturated rings. The van der Waals surface area contributed by atoms with Crippen molar-refractivity contribution in [1.82, 2.24) is 20.9 Å². The van der Waals surface area contributed by atoms with Gasteiger partial charge in [-0.05, 0) is 75.5 Å². The van der Waals surface area contributed by atoms with Crippen LogP contribution in [-0.2, 0) is 4.79 Å². The molecule has 0 saturated heterocycles.